The zero-order valence-electron chi connectivity index (χ0n) is 11.4. The summed E-state index contributed by atoms with van der Waals surface area (Å²) in [5.41, 5.74) is 9.12. The van der Waals surface area contributed by atoms with Crippen LogP contribution in [0.3, 0.4) is 0 Å². The van der Waals surface area contributed by atoms with Gasteiger partial charge in [0.25, 0.3) is 0 Å². The summed E-state index contributed by atoms with van der Waals surface area (Å²) in [6, 6.07) is 6.64. The summed E-state index contributed by atoms with van der Waals surface area (Å²) >= 11 is 0. The lowest BCUT2D eigenvalue weighted by Crippen LogP contribution is -2.16. The van der Waals surface area contributed by atoms with E-state index in [4.69, 9.17) is 5.73 Å². The Morgan fingerprint density at radius 1 is 1.24 bits per heavy atom. The highest BCUT2D eigenvalue weighted by Gasteiger charge is 2.04. The maximum Gasteiger partial charge on any atom is 0.0578 e. The summed E-state index contributed by atoms with van der Waals surface area (Å²) in [5.74, 6) is 0. The molecule has 0 spiro atoms. The molecule has 1 rings (SSSR count). The first kappa shape index (κ1) is 13.9. The molecule has 2 nitrogen and oxygen atoms in total. The van der Waals surface area contributed by atoms with Gasteiger partial charge in [0.15, 0.2) is 0 Å². The predicted octanol–water partition coefficient (Wildman–Crippen LogP) is 4.35. The van der Waals surface area contributed by atoms with Gasteiger partial charge in [-0.05, 0) is 38.0 Å². The monoisotopic (exact) mass is 234 g/mol. The third-order valence-corrected chi connectivity index (χ3v) is 3.10. The van der Waals surface area contributed by atoms with Gasteiger partial charge in [0, 0.05) is 6.04 Å². The largest absolute Gasteiger partial charge is 0.397 e. The van der Waals surface area contributed by atoms with E-state index in [0.29, 0.717) is 6.04 Å². The van der Waals surface area contributed by atoms with Crippen molar-refractivity contribution in [3.63, 3.8) is 0 Å². The second kappa shape index (κ2) is 7.21. The molecule has 2 heteroatoms. The van der Waals surface area contributed by atoms with E-state index in [0.717, 1.165) is 11.4 Å². The molecule has 96 valence electrons. The number of hydrogen-bond acceptors (Lipinski definition) is 2. The maximum atomic E-state index is 5.95. The standard InChI is InChI=1S/C15H26N2/c1-4-5-6-7-8-13(3)17-15-11-12(2)9-10-14(15)16/h9-11,13,17H,4-8,16H2,1-3H3. The van der Waals surface area contributed by atoms with E-state index in [1.165, 1.54) is 37.7 Å². The Kier molecular flexibility index (Phi) is 5.88. The van der Waals surface area contributed by atoms with Crippen LogP contribution in [-0.2, 0) is 0 Å². The minimum Gasteiger partial charge on any atom is -0.397 e. The molecule has 0 saturated heterocycles. The third kappa shape index (κ3) is 5.12. The van der Waals surface area contributed by atoms with Gasteiger partial charge in [-0.2, -0.15) is 0 Å². The normalized spacial score (nSPS) is 12.4. The minimum atomic E-state index is 0.496. The van der Waals surface area contributed by atoms with Gasteiger partial charge in [0.1, 0.15) is 0 Å². The van der Waals surface area contributed by atoms with Gasteiger partial charge < -0.3 is 11.1 Å². The van der Waals surface area contributed by atoms with Crippen molar-refractivity contribution >= 4 is 11.4 Å². The second-order valence-electron chi connectivity index (χ2n) is 4.99. The van der Waals surface area contributed by atoms with E-state index in [-0.39, 0.29) is 0 Å². The fourth-order valence-electron chi connectivity index (χ4n) is 2.01. The van der Waals surface area contributed by atoms with E-state index in [2.05, 4.69) is 32.2 Å². The van der Waals surface area contributed by atoms with Gasteiger partial charge in [-0.1, -0.05) is 38.7 Å². The summed E-state index contributed by atoms with van der Waals surface area (Å²) in [6.07, 6.45) is 6.50. The molecule has 1 unspecified atom stereocenters. The lowest BCUT2D eigenvalue weighted by molar-refractivity contribution is 0.594. The summed E-state index contributed by atoms with van der Waals surface area (Å²) < 4.78 is 0. The Hall–Kier alpha value is -1.18. The first-order valence-corrected chi connectivity index (χ1v) is 6.76. The fraction of sp³-hybridized carbons (Fsp3) is 0.600. The average molecular weight is 234 g/mol. The molecule has 1 atom stereocenters. The Labute approximate surface area is 106 Å². The topological polar surface area (TPSA) is 38.0 Å². The van der Waals surface area contributed by atoms with Crippen molar-refractivity contribution in [1.29, 1.82) is 0 Å². The second-order valence-corrected chi connectivity index (χ2v) is 4.99. The van der Waals surface area contributed by atoms with Crippen LogP contribution < -0.4 is 11.1 Å². The highest BCUT2D eigenvalue weighted by atomic mass is 14.9. The summed E-state index contributed by atoms with van der Waals surface area (Å²) in [5, 5.41) is 3.50. The van der Waals surface area contributed by atoms with Gasteiger partial charge in [-0.25, -0.2) is 0 Å². The van der Waals surface area contributed by atoms with Crippen LogP contribution in [0.25, 0.3) is 0 Å². The van der Waals surface area contributed by atoms with E-state index >= 15 is 0 Å². The molecule has 0 saturated carbocycles. The molecule has 0 radical (unpaired) electrons. The molecule has 0 bridgehead atoms. The molecule has 0 aliphatic rings. The van der Waals surface area contributed by atoms with Crippen LogP contribution in [0.4, 0.5) is 11.4 Å². The Morgan fingerprint density at radius 2 is 2.00 bits per heavy atom. The van der Waals surface area contributed by atoms with Crippen LogP contribution in [0.2, 0.25) is 0 Å². The number of unbranched alkanes of at least 4 members (excludes halogenated alkanes) is 3. The highest BCUT2D eigenvalue weighted by Crippen LogP contribution is 2.21. The molecule has 17 heavy (non-hydrogen) atoms. The number of nitrogens with one attached hydrogen (secondary N) is 1. The number of benzene rings is 1. The molecular formula is C15H26N2. The van der Waals surface area contributed by atoms with E-state index < -0.39 is 0 Å². The third-order valence-electron chi connectivity index (χ3n) is 3.10. The van der Waals surface area contributed by atoms with Crippen molar-refractivity contribution < 1.29 is 0 Å². The van der Waals surface area contributed by atoms with Crippen LogP contribution in [0.5, 0.6) is 0 Å². The molecule has 1 aromatic carbocycles. The average Bonchev–Trinajstić information content (AvgIpc) is 2.29. The van der Waals surface area contributed by atoms with Crippen LogP contribution in [-0.4, -0.2) is 6.04 Å². The lowest BCUT2D eigenvalue weighted by Gasteiger charge is -2.17. The molecule has 0 aliphatic carbocycles. The number of anilines is 2. The van der Waals surface area contributed by atoms with E-state index in [1.807, 2.05) is 12.1 Å². The highest BCUT2D eigenvalue weighted by molar-refractivity contribution is 5.67. The molecule has 1 aromatic rings. The first-order chi connectivity index (χ1) is 8.13. The Bertz CT molecular complexity index is 334. The van der Waals surface area contributed by atoms with Gasteiger partial charge >= 0.3 is 0 Å². The zero-order chi connectivity index (χ0) is 12.7. The molecule has 0 aliphatic heterocycles. The van der Waals surface area contributed by atoms with E-state index in [9.17, 15) is 0 Å². The molecule has 0 aromatic heterocycles. The number of aryl methyl sites for hydroxylation is 1. The number of hydrogen-bond donors (Lipinski definition) is 2. The number of rotatable bonds is 7. The quantitative estimate of drug-likeness (QED) is 0.544. The van der Waals surface area contributed by atoms with Crippen LogP contribution in [0.15, 0.2) is 18.2 Å². The molecule has 3 N–H and O–H groups in total. The predicted molar refractivity (Wildman–Crippen MR) is 77.4 cm³/mol. The van der Waals surface area contributed by atoms with Crippen molar-refractivity contribution in [2.75, 3.05) is 11.1 Å². The minimum absolute atomic E-state index is 0.496. The molecule has 0 heterocycles. The van der Waals surface area contributed by atoms with Crippen LogP contribution in [0.1, 0.15) is 51.5 Å². The van der Waals surface area contributed by atoms with Crippen molar-refractivity contribution in [1.82, 2.24) is 0 Å². The SMILES string of the molecule is CCCCCCC(C)Nc1cc(C)ccc1N. The molecule has 0 fully saturated rings. The van der Waals surface area contributed by atoms with Crippen molar-refractivity contribution in [3.05, 3.63) is 23.8 Å². The summed E-state index contributed by atoms with van der Waals surface area (Å²) in [7, 11) is 0. The van der Waals surface area contributed by atoms with Crippen molar-refractivity contribution in [2.45, 2.75) is 58.9 Å². The van der Waals surface area contributed by atoms with E-state index in [1.54, 1.807) is 0 Å². The Morgan fingerprint density at radius 3 is 2.71 bits per heavy atom. The maximum absolute atomic E-state index is 5.95. The van der Waals surface area contributed by atoms with Gasteiger partial charge in [0.05, 0.1) is 11.4 Å². The van der Waals surface area contributed by atoms with Crippen molar-refractivity contribution in [2.24, 2.45) is 0 Å². The van der Waals surface area contributed by atoms with Gasteiger partial charge in [-0.15, -0.1) is 0 Å². The number of nitrogens with two attached hydrogens (primary N) is 1. The first-order valence-electron chi connectivity index (χ1n) is 6.76. The van der Waals surface area contributed by atoms with Gasteiger partial charge in [-0.3, -0.25) is 0 Å². The molecular weight excluding hydrogens is 208 g/mol. The summed E-state index contributed by atoms with van der Waals surface area (Å²) in [6.45, 7) is 6.57. The van der Waals surface area contributed by atoms with Crippen LogP contribution in [0, 0.1) is 6.92 Å². The van der Waals surface area contributed by atoms with Crippen LogP contribution >= 0.6 is 0 Å². The van der Waals surface area contributed by atoms with Gasteiger partial charge in [0.2, 0.25) is 0 Å². The van der Waals surface area contributed by atoms with Crippen molar-refractivity contribution in [3.8, 4) is 0 Å². The fourth-order valence-corrected chi connectivity index (χ4v) is 2.01. The summed E-state index contributed by atoms with van der Waals surface area (Å²) in [4.78, 5) is 0. The number of nitrogen functional groups attached to an aromatic ring is 1. The smallest absolute Gasteiger partial charge is 0.0578 e. The molecule has 0 amide bonds. The zero-order valence-corrected chi connectivity index (χ0v) is 11.4. The Balaban J connectivity index is 2.39. The lowest BCUT2D eigenvalue weighted by atomic mass is 10.1.